The molecular formula is C19H26N4O. The second kappa shape index (κ2) is 7.18. The van der Waals surface area contributed by atoms with Crippen LogP contribution in [0.15, 0.2) is 30.5 Å². The van der Waals surface area contributed by atoms with Crippen LogP contribution in [0.3, 0.4) is 0 Å². The van der Waals surface area contributed by atoms with Crippen LogP contribution in [0.5, 0.6) is 0 Å². The molecule has 1 aromatic heterocycles. The predicted octanol–water partition coefficient (Wildman–Crippen LogP) is 3.12. The molecule has 2 atom stereocenters. The minimum atomic E-state index is -0.483. The number of H-pyrrole nitrogens is 1. The quantitative estimate of drug-likeness (QED) is 0.886. The summed E-state index contributed by atoms with van der Waals surface area (Å²) in [4.78, 5) is 22.8. The number of benzene rings is 1. The number of hydrogen-bond acceptors (Lipinski definition) is 3. The molecule has 0 saturated carbocycles. The summed E-state index contributed by atoms with van der Waals surface area (Å²) in [6.45, 7) is 4.09. The van der Waals surface area contributed by atoms with Crippen LogP contribution in [0.4, 0.5) is 5.69 Å². The SMILES string of the molecule is CCCc1cnc(C2CCc3ccccc3N2C(=O)C(N)CC)[nH]1. The Balaban J connectivity index is 1.99. The molecule has 0 aliphatic carbocycles. The third-order valence-corrected chi connectivity index (χ3v) is 4.73. The van der Waals surface area contributed by atoms with Gasteiger partial charge in [0.25, 0.3) is 0 Å². The number of fused-ring (bicyclic) bond motifs is 1. The molecular weight excluding hydrogens is 300 g/mol. The van der Waals surface area contributed by atoms with Gasteiger partial charge < -0.3 is 15.6 Å². The number of hydrogen-bond donors (Lipinski definition) is 2. The zero-order valence-electron chi connectivity index (χ0n) is 14.5. The van der Waals surface area contributed by atoms with Crippen molar-refractivity contribution in [1.82, 2.24) is 9.97 Å². The number of nitrogens with zero attached hydrogens (tertiary/aromatic N) is 2. The van der Waals surface area contributed by atoms with Crippen molar-refractivity contribution in [2.45, 2.75) is 58.0 Å². The molecule has 5 heteroatoms. The standard InChI is InChI=1S/C19H26N4O/c1-3-7-14-12-21-18(22-14)17-11-10-13-8-5-6-9-16(13)23(17)19(24)15(20)4-2/h5-6,8-9,12,15,17H,3-4,7,10-11,20H2,1-2H3,(H,21,22). The second-order valence-electron chi connectivity index (χ2n) is 6.45. The Morgan fingerprint density at radius 3 is 2.96 bits per heavy atom. The third-order valence-electron chi connectivity index (χ3n) is 4.73. The van der Waals surface area contributed by atoms with Crippen molar-refractivity contribution in [1.29, 1.82) is 0 Å². The largest absolute Gasteiger partial charge is 0.344 e. The zero-order valence-corrected chi connectivity index (χ0v) is 14.5. The Kier molecular flexibility index (Phi) is 5.00. The number of imidazole rings is 1. The van der Waals surface area contributed by atoms with E-state index >= 15 is 0 Å². The van der Waals surface area contributed by atoms with E-state index in [0.717, 1.165) is 42.9 Å². The van der Waals surface area contributed by atoms with Gasteiger partial charge in [0.2, 0.25) is 5.91 Å². The van der Waals surface area contributed by atoms with Gasteiger partial charge in [0.05, 0.1) is 12.1 Å². The lowest BCUT2D eigenvalue weighted by Gasteiger charge is -2.37. The van der Waals surface area contributed by atoms with E-state index in [4.69, 9.17) is 5.73 Å². The van der Waals surface area contributed by atoms with Gasteiger partial charge in [-0.25, -0.2) is 4.98 Å². The van der Waals surface area contributed by atoms with Crippen LogP contribution in [0, 0.1) is 0 Å². The van der Waals surface area contributed by atoms with E-state index < -0.39 is 6.04 Å². The first-order valence-electron chi connectivity index (χ1n) is 8.86. The van der Waals surface area contributed by atoms with Gasteiger partial charge in [-0.2, -0.15) is 0 Å². The highest BCUT2D eigenvalue weighted by Gasteiger charge is 2.35. The highest BCUT2D eigenvalue weighted by Crippen LogP contribution is 2.38. The van der Waals surface area contributed by atoms with Crippen molar-refractivity contribution >= 4 is 11.6 Å². The molecule has 24 heavy (non-hydrogen) atoms. The molecule has 3 rings (SSSR count). The number of aromatic nitrogens is 2. The first kappa shape index (κ1) is 16.7. The van der Waals surface area contributed by atoms with E-state index in [-0.39, 0.29) is 11.9 Å². The normalized spacial score (nSPS) is 18.3. The molecule has 2 aromatic rings. The van der Waals surface area contributed by atoms with Crippen molar-refractivity contribution in [3.8, 4) is 0 Å². The van der Waals surface area contributed by atoms with Crippen LogP contribution in [0.25, 0.3) is 0 Å². The number of anilines is 1. The van der Waals surface area contributed by atoms with Gasteiger partial charge in [-0.1, -0.05) is 38.5 Å². The average Bonchev–Trinajstić information content (AvgIpc) is 3.08. The summed E-state index contributed by atoms with van der Waals surface area (Å²) in [6, 6.07) is 7.54. The van der Waals surface area contributed by atoms with Crippen LogP contribution in [0.2, 0.25) is 0 Å². The zero-order chi connectivity index (χ0) is 17.1. The maximum Gasteiger partial charge on any atom is 0.244 e. The molecule has 1 aromatic carbocycles. The number of carbonyl (C=O) groups excluding carboxylic acids is 1. The number of nitrogens with two attached hydrogens (primary N) is 1. The summed E-state index contributed by atoms with van der Waals surface area (Å²) < 4.78 is 0. The Labute approximate surface area is 143 Å². The predicted molar refractivity (Wildman–Crippen MR) is 95.8 cm³/mol. The molecule has 2 unspecified atom stereocenters. The van der Waals surface area contributed by atoms with Gasteiger partial charge in [0.1, 0.15) is 5.82 Å². The monoisotopic (exact) mass is 326 g/mol. The van der Waals surface area contributed by atoms with Crippen molar-refractivity contribution < 1.29 is 4.79 Å². The number of nitrogens with one attached hydrogen (secondary N) is 1. The summed E-state index contributed by atoms with van der Waals surface area (Å²) in [5.74, 6) is 0.840. The fourth-order valence-corrected chi connectivity index (χ4v) is 3.37. The lowest BCUT2D eigenvalue weighted by Crippen LogP contribution is -2.47. The molecule has 1 aliphatic rings. The van der Waals surface area contributed by atoms with E-state index in [2.05, 4.69) is 23.0 Å². The number of rotatable bonds is 5. The summed E-state index contributed by atoms with van der Waals surface area (Å²) in [7, 11) is 0. The Morgan fingerprint density at radius 2 is 2.21 bits per heavy atom. The number of aryl methyl sites for hydroxylation is 2. The average molecular weight is 326 g/mol. The number of carbonyl (C=O) groups is 1. The fraction of sp³-hybridized carbons (Fsp3) is 0.474. The molecule has 0 saturated heterocycles. The Bertz CT molecular complexity index is 709. The molecule has 0 spiro atoms. The van der Waals surface area contributed by atoms with Gasteiger partial charge >= 0.3 is 0 Å². The van der Waals surface area contributed by atoms with Crippen LogP contribution in [-0.4, -0.2) is 21.9 Å². The smallest absolute Gasteiger partial charge is 0.244 e. The molecule has 5 nitrogen and oxygen atoms in total. The van der Waals surface area contributed by atoms with E-state index in [1.807, 2.05) is 36.2 Å². The summed E-state index contributed by atoms with van der Waals surface area (Å²) >= 11 is 0. The highest BCUT2D eigenvalue weighted by atomic mass is 16.2. The van der Waals surface area contributed by atoms with Crippen LogP contribution in [0.1, 0.15) is 56.2 Å². The van der Waals surface area contributed by atoms with E-state index in [0.29, 0.717) is 6.42 Å². The third kappa shape index (κ3) is 3.08. The van der Waals surface area contributed by atoms with Gasteiger partial charge in [0, 0.05) is 17.6 Å². The molecule has 128 valence electrons. The number of aromatic amines is 1. The summed E-state index contributed by atoms with van der Waals surface area (Å²) in [5, 5.41) is 0. The summed E-state index contributed by atoms with van der Waals surface area (Å²) in [5.41, 5.74) is 9.37. The molecule has 2 heterocycles. The van der Waals surface area contributed by atoms with Gasteiger partial charge in [0.15, 0.2) is 0 Å². The van der Waals surface area contributed by atoms with Crippen molar-refractivity contribution in [2.24, 2.45) is 5.73 Å². The second-order valence-corrected chi connectivity index (χ2v) is 6.45. The van der Waals surface area contributed by atoms with Gasteiger partial charge in [-0.05, 0) is 37.3 Å². The van der Waals surface area contributed by atoms with E-state index in [9.17, 15) is 4.79 Å². The minimum Gasteiger partial charge on any atom is -0.344 e. The Hall–Kier alpha value is -2.14. The Morgan fingerprint density at radius 1 is 1.42 bits per heavy atom. The maximum absolute atomic E-state index is 13.0. The van der Waals surface area contributed by atoms with Gasteiger partial charge in [-0.3, -0.25) is 4.79 Å². The number of amides is 1. The topological polar surface area (TPSA) is 75.0 Å². The lowest BCUT2D eigenvalue weighted by molar-refractivity contribution is -0.120. The molecule has 3 N–H and O–H groups in total. The molecule has 1 amide bonds. The summed E-state index contributed by atoms with van der Waals surface area (Å²) in [6.07, 6.45) is 6.36. The van der Waals surface area contributed by atoms with Crippen molar-refractivity contribution in [2.75, 3.05) is 4.90 Å². The van der Waals surface area contributed by atoms with E-state index in [1.54, 1.807) is 0 Å². The van der Waals surface area contributed by atoms with Gasteiger partial charge in [-0.15, -0.1) is 0 Å². The fourth-order valence-electron chi connectivity index (χ4n) is 3.37. The first-order chi connectivity index (χ1) is 11.7. The van der Waals surface area contributed by atoms with Crippen molar-refractivity contribution in [3.63, 3.8) is 0 Å². The molecule has 0 fully saturated rings. The lowest BCUT2D eigenvalue weighted by atomic mass is 9.94. The highest BCUT2D eigenvalue weighted by molar-refractivity contribution is 5.98. The maximum atomic E-state index is 13.0. The molecule has 0 radical (unpaired) electrons. The first-order valence-corrected chi connectivity index (χ1v) is 8.86. The van der Waals surface area contributed by atoms with Crippen LogP contribution in [-0.2, 0) is 17.6 Å². The van der Waals surface area contributed by atoms with E-state index in [1.165, 1.54) is 5.56 Å². The number of para-hydroxylation sites is 1. The molecule has 0 bridgehead atoms. The van der Waals surface area contributed by atoms with Crippen molar-refractivity contribution in [3.05, 3.63) is 47.5 Å². The molecule has 1 aliphatic heterocycles. The van der Waals surface area contributed by atoms with Crippen LogP contribution >= 0.6 is 0 Å². The van der Waals surface area contributed by atoms with Crippen LogP contribution < -0.4 is 10.6 Å². The minimum absolute atomic E-state index is 0.0249.